The molecule has 3 aromatic carbocycles. The Balaban J connectivity index is 0.000000418. The average Bonchev–Trinajstić information content (AvgIpc) is 3.46. The normalized spacial score (nSPS) is 20.0. The molecule has 2 atom stereocenters. The van der Waals surface area contributed by atoms with Crippen molar-refractivity contribution in [3.8, 4) is 0 Å². The second kappa shape index (κ2) is 14.9. The van der Waals surface area contributed by atoms with Gasteiger partial charge in [0.15, 0.2) is 0 Å². The summed E-state index contributed by atoms with van der Waals surface area (Å²) >= 11 is 5.61. The van der Waals surface area contributed by atoms with Crippen LogP contribution in [0.25, 0.3) is 0 Å². The Labute approximate surface area is 265 Å². The molecule has 2 aliphatic heterocycles. The van der Waals surface area contributed by atoms with E-state index in [0.717, 1.165) is 42.8 Å². The van der Waals surface area contributed by atoms with Gasteiger partial charge in [0.05, 0.1) is 12.5 Å². The lowest BCUT2D eigenvalue weighted by molar-refractivity contribution is -0.135. The first-order chi connectivity index (χ1) is 21.3. The number of likely N-dealkylation sites (tertiary alicyclic amines) is 2. The topological polar surface area (TPSA) is 95.7 Å². The number of nitrogens with one attached hydrogen (secondary N) is 1. The number of carbonyl (C=O) groups is 3. The van der Waals surface area contributed by atoms with Crippen LogP contribution in [-0.2, 0) is 27.3 Å². The summed E-state index contributed by atoms with van der Waals surface area (Å²) in [5.41, 5.74) is 12.4. The highest BCUT2D eigenvalue weighted by atomic mass is 35.5. The molecule has 2 fully saturated rings. The Morgan fingerprint density at radius 2 is 1.57 bits per heavy atom. The first-order valence-corrected chi connectivity index (χ1v) is 16.1. The summed E-state index contributed by atoms with van der Waals surface area (Å²) in [5, 5.41) is 3.66. The van der Waals surface area contributed by atoms with Gasteiger partial charge in [-0.05, 0) is 79.3 Å². The largest absolute Gasteiger partial charge is 0.347 e. The summed E-state index contributed by atoms with van der Waals surface area (Å²) in [5.74, 6) is 0.133. The lowest BCUT2D eigenvalue weighted by atomic mass is 9.79. The maximum absolute atomic E-state index is 12.9. The molecule has 2 unspecified atom stereocenters. The number of piperidine rings is 1. The van der Waals surface area contributed by atoms with E-state index in [4.69, 9.17) is 17.3 Å². The zero-order valence-corrected chi connectivity index (χ0v) is 26.3. The van der Waals surface area contributed by atoms with E-state index in [1.54, 1.807) is 0 Å². The van der Waals surface area contributed by atoms with Crippen LogP contribution in [0.4, 0.5) is 0 Å². The van der Waals surface area contributed by atoms with E-state index in [-0.39, 0.29) is 36.2 Å². The van der Waals surface area contributed by atoms with Crippen molar-refractivity contribution in [3.05, 3.63) is 106 Å². The van der Waals surface area contributed by atoms with Crippen molar-refractivity contribution in [2.45, 2.75) is 64.0 Å². The van der Waals surface area contributed by atoms with Crippen LogP contribution in [0.1, 0.15) is 71.9 Å². The lowest BCUT2D eigenvalue weighted by Gasteiger charge is -2.34. The molecule has 6 rings (SSSR count). The number of carbonyl (C=O) groups excluding carboxylic acids is 3. The highest BCUT2D eigenvalue weighted by Crippen LogP contribution is 2.33. The Kier molecular flexibility index (Phi) is 10.7. The van der Waals surface area contributed by atoms with Crippen molar-refractivity contribution >= 4 is 29.3 Å². The predicted molar refractivity (Wildman–Crippen MR) is 174 cm³/mol. The molecule has 2 heterocycles. The molecule has 8 heteroatoms. The first kappa shape index (κ1) is 31.7. The van der Waals surface area contributed by atoms with Crippen molar-refractivity contribution < 1.29 is 14.4 Å². The number of rotatable bonds is 6. The minimum absolute atomic E-state index is 0.0159. The molecule has 3 amide bonds. The van der Waals surface area contributed by atoms with Gasteiger partial charge in [-0.15, -0.1) is 0 Å². The van der Waals surface area contributed by atoms with Crippen LogP contribution in [0, 0.1) is 12.8 Å². The molecule has 2 saturated heterocycles. The number of benzene rings is 3. The number of hydrogen-bond donors (Lipinski definition) is 2. The van der Waals surface area contributed by atoms with Gasteiger partial charge in [-0.3, -0.25) is 14.4 Å². The molecule has 0 spiro atoms. The van der Waals surface area contributed by atoms with Crippen molar-refractivity contribution in [1.29, 1.82) is 0 Å². The molecule has 232 valence electrons. The number of amides is 3. The fourth-order valence-electron chi connectivity index (χ4n) is 6.62. The molecular formula is C36H43ClN4O3. The summed E-state index contributed by atoms with van der Waals surface area (Å²) in [6, 6.07) is 23.8. The number of aryl methyl sites for hydroxylation is 2. The van der Waals surface area contributed by atoms with Crippen LogP contribution >= 0.6 is 11.6 Å². The van der Waals surface area contributed by atoms with Crippen LogP contribution in [-0.4, -0.2) is 53.7 Å². The van der Waals surface area contributed by atoms with E-state index < -0.39 is 0 Å². The van der Waals surface area contributed by atoms with Crippen LogP contribution in [0.5, 0.6) is 0 Å². The monoisotopic (exact) mass is 614 g/mol. The number of halogens is 1. The van der Waals surface area contributed by atoms with E-state index >= 15 is 0 Å². The van der Waals surface area contributed by atoms with Crippen molar-refractivity contribution in [2.75, 3.05) is 26.2 Å². The fraction of sp³-hybridized carbons (Fsp3) is 0.417. The summed E-state index contributed by atoms with van der Waals surface area (Å²) in [7, 11) is 0. The maximum atomic E-state index is 12.9. The smallest absolute Gasteiger partial charge is 0.241 e. The zero-order chi connectivity index (χ0) is 31.1. The minimum atomic E-state index is -0.336. The lowest BCUT2D eigenvalue weighted by Crippen LogP contribution is -2.46. The molecule has 0 saturated carbocycles. The summed E-state index contributed by atoms with van der Waals surface area (Å²) in [6.07, 6.45) is 4.89. The van der Waals surface area contributed by atoms with E-state index in [0.29, 0.717) is 38.4 Å². The van der Waals surface area contributed by atoms with Gasteiger partial charge in [-0.25, -0.2) is 0 Å². The van der Waals surface area contributed by atoms with Gasteiger partial charge in [0.25, 0.3) is 0 Å². The fourth-order valence-corrected chi connectivity index (χ4v) is 6.75. The molecule has 1 aliphatic carbocycles. The Hall–Kier alpha value is -3.68. The van der Waals surface area contributed by atoms with E-state index in [2.05, 4.69) is 29.6 Å². The van der Waals surface area contributed by atoms with Gasteiger partial charge in [-0.1, -0.05) is 77.8 Å². The second-order valence-electron chi connectivity index (χ2n) is 12.2. The van der Waals surface area contributed by atoms with Crippen LogP contribution in [0.15, 0.2) is 72.8 Å². The van der Waals surface area contributed by atoms with Crippen LogP contribution < -0.4 is 11.1 Å². The Morgan fingerprint density at radius 3 is 2.25 bits per heavy atom. The number of fused-ring (bicyclic) bond motifs is 1. The van der Waals surface area contributed by atoms with Gasteiger partial charge >= 0.3 is 0 Å². The summed E-state index contributed by atoms with van der Waals surface area (Å²) in [6.45, 7) is 4.91. The molecule has 7 nitrogen and oxygen atoms in total. The number of nitrogens with zero attached hydrogens (tertiary/aromatic N) is 2. The van der Waals surface area contributed by atoms with Gasteiger partial charge in [0, 0.05) is 43.7 Å². The molecule has 3 aliphatic rings. The molecule has 0 radical (unpaired) electrons. The van der Waals surface area contributed by atoms with Crippen molar-refractivity contribution in [1.82, 2.24) is 15.1 Å². The van der Waals surface area contributed by atoms with Crippen LogP contribution in [0.3, 0.4) is 0 Å². The standard InChI is InChI=1S/C29H36N4O3.C7H7Cl/c30-28-24-9-4-1-6-20(24)11-12-25(28)29(36)31-18-27(35)32-16-13-21(14-17-32)23-8-3-2-7-22(23)19-33-15-5-10-26(33)34;1-6-2-4-7(8)5-3-6/h1-4,6-9,21,25,28H,5,10-19,30H2,(H,31,36);2-5H,1H3. The summed E-state index contributed by atoms with van der Waals surface area (Å²) in [4.78, 5) is 41.7. The molecule has 0 aromatic heterocycles. The quantitative estimate of drug-likeness (QED) is 0.381. The Morgan fingerprint density at radius 1 is 0.886 bits per heavy atom. The van der Waals surface area contributed by atoms with Crippen molar-refractivity contribution in [2.24, 2.45) is 11.7 Å². The minimum Gasteiger partial charge on any atom is -0.347 e. The van der Waals surface area contributed by atoms with Crippen molar-refractivity contribution in [3.63, 3.8) is 0 Å². The van der Waals surface area contributed by atoms with Gasteiger partial charge < -0.3 is 20.9 Å². The molecule has 0 bridgehead atoms. The number of hydrogen-bond acceptors (Lipinski definition) is 4. The SMILES string of the molecule is Cc1ccc(Cl)cc1.NC1c2ccccc2CCC1C(=O)NCC(=O)N1CCC(c2ccccc2CN2CCCC2=O)CC1. The number of nitrogens with two attached hydrogens (primary N) is 1. The molecular weight excluding hydrogens is 572 g/mol. The third kappa shape index (κ3) is 7.88. The Bertz CT molecular complexity index is 1430. The third-order valence-corrected chi connectivity index (χ3v) is 9.46. The zero-order valence-electron chi connectivity index (χ0n) is 25.5. The molecule has 44 heavy (non-hydrogen) atoms. The first-order valence-electron chi connectivity index (χ1n) is 15.8. The highest BCUT2D eigenvalue weighted by Gasteiger charge is 2.33. The van der Waals surface area contributed by atoms with Gasteiger partial charge in [0.1, 0.15) is 0 Å². The molecule has 3 N–H and O–H groups in total. The highest BCUT2D eigenvalue weighted by molar-refractivity contribution is 6.30. The average molecular weight is 615 g/mol. The van der Waals surface area contributed by atoms with E-state index in [1.807, 2.05) is 65.3 Å². The van der Waals surface area contributed by atoms with Gasteiger partial charge in [-0.2, -0.15) is 0 Å². The maximum Gasteiger partial charge on any atom is 0.241 e. The molecule has 3 aromatic rings. The van der Waals surface area contributed by atoms with Crippen LogP contribution in [0.2, 0.25) is 5.02 Å². The summed E-state index contributed by atoms with van der Waals surface area (Å²) < 4.78 is 0. The predicted octanol–water partition coefficient (Wildman–Crippen LogP) is 5.54. The van der Waals surface area contributed by atoms with E-state index in [1.165, 1.54) is 22.3 Å². The second-order valence-corrected chi connectivity index (χ2v) is 12.6. The van der Waals surface area contributed by atoms with E-state index in [9.17, 15) is 14.4 Å². The third-order valence-electron chi connectivity index (χ3n) is 9.21. The van der Waals surface area contributed by atoms with Gasteiger partial charge in [0.2, 0.25) is 17.7 Å².